The second-order valence-corrected chi connectivity index (χ2v) is 8.41. The Morgan fingerprint density at radius 1 is 1.03 bits per heavy atom. The molecule has 31 heavy (non-hydrogen) atoms. The molecule has 2 aromatic heterocycles. The van der Waals surface area contributed by atoms with E-state index in [0.717, 1.165) is 54.7 Å². The SMILES string of the molecule is C=C(C)c1cnc(N2CCN(c3nnc(Cc4ccccc4)c(C)c3C)CC2C)cn1. The van der Waals surface area contributed by atoms with Gasteiger partial charge >= 0.3 is 0 Å². The molecule has 0 N–H and O–H groups in total. The van der Waals surface area contributed by atoms with Crippen molar-refractivity contribution < 1.29 is 0 Å². The van der Waals surface area contributed by atoms with Crippen LogP contribution in [0.1, 0.15) is 41.9 Å². The fraction of sp³-hybridized carbons (Fsp3) is 0.360. The minimum absolute atomic E-state index is 0.296. The van der Waals surface area contributed by atoms with E-state index in [4.69, 9.17) is 0 Å². The second kappa shape index (κ2) is 8.84. The highest BCUT2D eigenvalue weighted by atomic mass is 15.3. The number of benzene rings is 1. The van der Waals surface area contributed by atoms with E-state index < -0.39 is 0 Å². The molecule has 1 fully saturated rings. The summed E-state index contributed by atoms with van der Waals surface area (Å²) in [5, 5.41) is 9.24. The summed E-state index contributed by atoms with van der Waals surface area (Å²) in [4.78, 5) is 13.8. The zero-order chi connectivity index (χ0) is 22.0. The fourth-order valence-corrected chi connectivity index (χ4v) is 4.08. The van der Waals surface area contributed by atoms with Crippen LogP contribution in [0.4, 0.5) is 11.6 Å². The monoisotopic (exact) mass is 414 g/mol. The topological polar surface area (TPSA) is 58.0 Å². The predicted molar refractivity (Wildman–Crippen MR) is 127 cm³/mol. The van der Waals surface area contributed by atoms with E-state index in [1.54, 1.807) is 6.20 Å². The molecule has 1 aliphatic rings. The van der Waals surface area contributed by atoms with Gasteiger partial charge in [-0.3, -0.25) is 4.98 Å². The number of hydrogen-bond acceptors (Lipinski definition) is 6. The normalized spacial score (nSPS) is 16.5. The van der Waals surface area contributed by atoms with E-state index >= 15 is 0 Å². The minimum atomic E-state index is 0.296. The van der Waals surface area contributed by atoms with Crippen molar-refractivity contribution in [3.05, 3.63) is 77.4 Å². The Labute approximate surface area is 184 Å². The summed E-state index contributed by atoms with van der Waals surface area (Å²) in [6.07, 6.45) is 4.47. The number of aromatic nitrogens is 4. The third kappa shape index (κ3) is 4.43. The first-order valence-electron chi connectivity index (χ1n) is 10.8. The highest BCUT2D eigenvalue weighted by molar-refractivity contribution is 5.58. The maximum absolute atomic E-state index is 4.64. The van der Waals surface area contributed by atoms with Gasteiger partial charge in [0.2, 0.25) is 0 Å². The summed E-state index contributed by atoms with van der Waals surface area (Å²) in [7, 11) is 0. The molecule has 0 bridgehead atoms. The molecule has 4 rings (SSSR count). The van der Waals surface area contributed by atoms with Gasteiger partial charge in [0.05, 0.1) is 23.8 Å². The van der Waals surface area contributed by atoms with E-state index in [1.807, 2.05) is 19.2 Å². The van der Waals surface area contributed by atoms with Gasteiger partial charge in [0.15, 0.2) is 5.82 Å². The lowest BCUT2D eigenvalue weighted by atomic mass is 10.0. The van der Waals surface area contributed by atoms with Crippen molar-refractivity contribution in [2.45, 2.75) is 40.2 Å². The summed E-state index contributed by atoms with van der Waals surface area (Å²) >= 11 is 0. The molecule has 0 aliphatic carbocycles. The smallest absolute Gasteiger partial charge is 0.154 e. The van der Waals surface area contributed by atoms with Crippen LogP contribution in [-0.4, -0.2) is 45.8 Å². The second-order valence-electron chi connectivity index (χ2n) is 8.41. The van der Waals surface area contributed by atoms with Crippen LogP contribution in [0.15, 0.2) is 49.3 Å². The van der Waals surface area contributed by atoms with Gasteiger partial charge < -0.3 is 9.80 Å². The predicted octanol–water partition coefficient (Wildman–Crippen LogP) is 4.22. The largest absolute Gasteiger partial charge is 0.351 e. The lowest BCUT2D eigenvalue weighted by molar-refractivity contribution is 0.539. The van der Waals surface area contributed by atoms with E-state index in [1.165, 1.54) is 16.7 Å². The van der Waals surface area contributed by atoms with Crippen molar-refractivity contribution in [3.8, 4) is 0 Å². The fourth-order valence-electron chi connectivity index (χ4n) is 4.08. The van der Waals surface area contributed by atoms with Gasteiger partial charge in [-0.15, -0.1) is 5.10 Å². The van der Waals surface area contributed by atoms with E-state index in [2.05, 4.69) is 81.6 Å². The zero-order valence-electron chi connectivity index (χ0n) is 18.8. The van der Waals surface area contributed by atoms with Crippen molar-refractivity contribution in [1.29, 1.82) is 0 Å². The quantitative estimate of drug-likeness (QED) is 0.623. The van der Waals surface area contributed by atoms with Gasteiger partial charge in [0, 0.05) is 32.1 Å². The number of hydrogen-bond donors (Lipinski definition) is 0. The molecule has 0 radical (unpaired) electrons. The van der Waals surface area contributed by atoms with Gasteiger partial charge in [0.1, 0.15) is 5.82 Å². The number of piperazine rings is 1. The van der Waals surface area contributed by atoms with Crippen LogP contribution in [-0.2, 0) is 6.42 Å². The summed E-state index contributed by atoms with van der Waals surface area (Å²) in [6, 6.07) is 10.7. The van der Waals surface area contributed by atoms with E-state index in [-0.39, 0.29) is 0 Å². The Balaban J connectivity index is 1.48. The highest BCUT2D eigenvalue weighted by Crippen LogP contribution is 2.26. The van der Waals surface area contributed by atoms with Crippen molar-refractivity contribution >= 4 is 17.2 Å². The van der Waals surface area contributed by atoms with E-state index in [0.29, 0.717) is 6.04 Å². The van der Waals surface area contributed by atoms with Gasteiger partial charge in [0.25, 0.3) is 0 Å². The third-order valence-electron chi connectivity index (χ3n) is 6.11. The molecule has 6 heteroatoms. The molecule has 1 unspecified atom stereocenters. The Morgan fingerprint density at radius 3 is 2.45 bits per heavy atom. The highest BCUT2D eigenvalue weighted by Gasteiger charge is 2.27. The molecule has 6 nitrogen and oxygen atoms in total. The van der Waals surface area contributed by atoms with Gasteiger partial charge in [-0.1, -0.05) is 36.9 Å². The van der Waals surface area contributed by atoms with Crippen LogP contribution >= 0.6 is 0 Å². The number of rotatable bonds is 5. The summed E-state index contributed by atoms with van der Waals surface area (Å²) in [5.74, 6) is 1.90. The van der Waals surface area contributed by atoms with Gasteiger partial charge in [-0.05, 0) is 50.0 Å². The van der Waals surface area contributed by atoms with Crippen LogP contribution in [0.2, 0.25) is 0 Å². The zero-order valence-corrected chi connectivity index (χ0v) is 18.8. The average Bonchev–Trinajstić information content (AvgIpc) is 2.78. The van der Waals surface area contributed by atoms with Crippen LogP contribution < -0.4 is 9.80 Å². The first kappa shape index (κ1) is 21.0. The van der Waals surface area contributed by atoms with Gasteiger partial charge in [-0.2, -0.15) is 5.10 Å². The minimum Gasteiger partial charge on any atom is -0.351 e. The lowest BCUT2D eigenvalue weighted by Gasteiger charge is -2.41. The van der Waals surface area contributed by atoms with Crippen LogP contribution in [0.3, 0.4) is 0 Å². The van der Waals surface area contributed by atoms with Crippen LogP contribution in [0, 0.1) is 13.8 Å². The Morgan fingerprint density at radius 2 is 1.81 bits per heavy atom. The maximum atomic E-state index is 4.64. The van der Waals surface area contributed by atoms with E-state index in [9.17, 15) is 0 Å². The standard InChI is InChI=1S/C25H30N6/c1-17(2)23-14-27-24(15-26-23)31-12-11-30(16-18(31)3)25-20(5)19(4)22(28-29-25)13-21-9-7-6-8-10-21/h6-10,14-15,18H,1,11-13,16H2,2-5H3. The maximum Gasteiger partial charge on any atom is 0.154 e. The molecule has 0 spiro atoms. The number of nitrogens with zero attached hydrogens (tertiary/aromatic N) is 6. The molecule has 3 heterocycles. The van der Waals surface area contributed by atoms with Crippen LogP contribution in [0.5, 0.6) is 0 Å². The molecule has 160 valence electrons. The number of allylic oxidation sites excluding steroid dienone is 1. The van der Waals surface area contributed by atoms with Crippen molar-refractivity contribution in [2.24, 2.45) is 0 Å². The summed E-state index contributed by atoms with van der Waals surface area (Å²) in [6.45, 7) is 15.0. The first-order valence-corrected chi connectivity index (χ1v) is 10.8. The molecule has 1 aromatic carbocycles. The molecule has 0 amide bonds. The first-order chi connectivity index (χ1) is 14.9. The molecule has 3 aromatic rings. The Kier molecular flexibility index (Phi) is 5.98. The van der Waals surface area contributed by atoms with Crippen molar-refractivity contribution in [1.82, 2.24) is 20.2 Å². The lowest BCUT2D eigenvalue weighted by Crippen LogP contribution is -2.53. The summed E-state index contributed by atoms with van der Waals surface area (Å²) < 4.78 is 0. The number of anilines is 2. The summed E-state index contributed by atoms with van der Waals surface area (Å²) in [5.41, 5.74) is 6.52. The molecule has 1 aliphatic heterocycles. The third-order valence-corrected chi connectivity index (χ3v) is 6.11. The molecular weight excluding hydrogens is 384 g/mol. The van der Waals surface area contributed by atoms with Crippen molar-refractivity contribution in [3.63, 3.8) is 0 Å². The molecule has 1 atom stereocenters. The molecular formula is C25H30N6. The van der Waals surface area contributed by atoms with Crippen molar-refractivity contribution in [2.75, 3.05) is 29.4 Å². The average molecular weight is 415 g/mol. The van der Waals surface area contributed by atoms with Crippen LogP contribution in [0.25, 0.3) is 5.57 Å². The van der Waals surface area contributed by atoms with Gasteiger partial charge in [-0.25, -0.2) is 4.98 Å². The molecule has 0 saturated carbocycles. The Bertz CT molecular complexity index is 1060. The Hall–Kier alpha value is -3.28. The molecule has 1 saturated heterocycles.